The standard InChI is InChI=1S/C25H34N2O5/c1-29-22-20(25(28)27-15-7-5-4-6-8-16-27)17-21(23(30-2)24(22)31-3)32-19-11-9-18(10-12-19)13-14-26/h9-12,17H,4-8,13-16,26H2,1-3H3. The molecule has 0 aliphatic carbocycles. The van der Waals surface area contributed by atoms with Crippen molar-refractivity contribution in [3.05, 3.63) is 41.5 Å². The third-order valence-electron chi connectivity index (χ3n) is 5.73. The smallest absolute Gasteiger partial charge is 0.257 e. The minimum atomic E-state index is -0.0900. The number of nitrogens with two attached hydrogens (primary N) is 1. The first-order valence-electron chi connectivity index (χ1n) is 11.2. The van der Waals surface area contributed by atoms with Crippen molar-refractivity contribution in [2.24, 2.45) is 5.73 Å². The van der Waals surface area contributed by atoms with E-state index < -0.39 is 0 Å². The number of ether oxygens (including phenoxy) is 4. The molecule has 174 valence electrons. The fraction of sp³-hybridized carbons (Fsp3) is 0.480. The minimum Gasteiger partial charge on any atom is -0.492 e. The molecule has 1 aliphatic rings. The maximum Gasteiger partial charge on any atom is 0.257 e. The molecule has 0 bridgehead atoms. The lowest BCUT2D eigenvalue weighted by Crippen LogP contribution is -2.34. The molecule has 32 heavy (non-hydrogen) atoms. The number of hydrogen-bond donors (Lipinski definition) is 1. The van der Waals surface area contributed by atoms with Crippen LogP contribution in [0.15, 0.2) is 30.3 Å². The van der Waals surface area contributed by atoms with Crippen molar-refractivity contribution < 1.29 is 23.7 Å². The fourth-order valence-electron chi connectivity index (χ4n) is 4.05. The summed E-state index contributed by atoms with van der Waals surface area (Å²) >= 11 is 0. The van der Waals surface area contributed by atoms with Gasteiger partial charge in [0.25, 0.3) is 5.91 Å². The van der Waals surface area contributed by atoms with Gasteiger partial charge in [0.15, 0.2) is 11.5 Å². The van der Waals surface area contributed by atoms with Gasteiger partial charge in [0, 0.05) is 19.2 Å². The van der Waals surface area contributed by atoms with Crippen LogP contribution in [-0.2, 0) is 6.42 Å². The molecule has 2 N–H and O–H groups in total. The lowest BCUT2D eigenvalue weighted by molar-refractivity contribution is 0.0737. The number of benzene rings is 2. The molecule has 0 saturated carbocycles. The zero-order valence-electron chi connectivity index (χ0n) is 19.3. The molecule has 2 aromatic carbocycles. The summed E-state index contributed by atoms with van der Waals surface area (Å²) in [4.78, 5) is 15.4. The molecule has 1 heterocycles. The molecular formula is C25H34N2O5. The van der Waals surface area contributed by atoms with Crippen LogP contribution in [0.25, 0.3) is 0 Å². The van der Waals surface area contributed by atoms with E-state index in [1.165, 1.54) is 27.8 Å². The zero-order chi connectivity index (χ0) is 22.9. The van der Waals surface area contributed by atoms with Crippen molar-refractivity contribution in [2.45, 2.75) is 38.5 Å². The first-order valence-corrected chi connectivity index (χ1v) is 11.2. The predicted octanol–water partition coefficient (Wildman–Crippen LogP) is 4.41. The van der Waals surface area contributed by atoms with Crippen LogP contribution >= 0.6 is 0 Å². The highest BCUT2D eigenvalue weighted by molar-refractivity contribution is 5.99. The van der Waals surface area contributed by atoms with Crippen LogP contribution in [0.4, 0.5) is 0 Å². The molecule has 3 rings (SSSR count). The molecule has 0 unspecified atom stereocenters. The van der Waals surface area contributed by atoms with Gasteiger partial charge in [-0.05, 0) is 43.5 Å². The molecular weight excluding hydrogens is 408 g/mol. The first kappa shape index (κ1) is 23.7. The van der Waals surface area contributed by atoms with Crippen LogP contribution in [0.5, 0.6) is 28.7 Å². The average molecular weight is 443 g/mol. The van der Waals surface area contributed by atoms with Gasteiger partial charge in [0.2, 0.25) is 11.5 Å². The maximum atomic E-state index is 13.5. The largest absolute Gasteiger partial charge is 0.492 e. The summed E-state index contributed by atoms with van der Waals surface area (Å²) in [5.74, 6) is 1.99. The lowest BCUT2D eigenvalue weighted by atomic mass is 10.1. The zero-order valence-corrected chi connectivity index (χ0v) is 19.3. The van der Waals surface area contributed by atoms with E-state index in [0.717, 1.165) is 50.8 Å². The molecule has 0 radical (unpaired) electrons. The van der Waals surface area contributed by atoms with E-state index in [4.69, 9.17) is 24.7 Å². The molecule has 0 atom stereocenters. The van der Waals surface area contributed by atoms with Crippen LogP contribution in [0.2, 0.25) is 0 Å². The van der Waals surface area contributed by atoms with E-state index in [2.05, 4.69) is 0 Å². The van der Waals surface area contributed by atoms with E-state index in [-0.39, 0.29) is 5.91 Å². The number of carbonyl (C=O) groups excluding carboxylic acids is 1. The van der Waals surface area contributed by atoms with Gasteiger partial charge in [0.1, 0.15) is 5.75 Å². The average Bonchev–Trinajstić information content (AvgIpc) is 2.79. The molecule has 1 fully saturated rings. The summed E-state index contributed by atoms with van der Waals surface area (Å²) < 4.78 is 22.9. The third-order valence-corrected chi connectivity index (χ3v) is 5.73. The first-order chi connectivity index (χ1) is 15.6. The third kappa shape index (κ3) is 5.46. The van der Waals surface area contributed by atoms with Crippen molar-refractivity contribution >= 4 is 5.91 Å². The summed E-state index contributed by atoms with van der Waals surface area (Å²) in [6.45, 7) is 2.05. The Morgan fingerprint density at radius 1 is 0.875 bits per heavy atom. The van der Waals surface area contributed by atoms with Crippen molar-refractivity contribution in [1.82, 2.24) is 4.90 Å². The van der Waals surface area contributed by atoms with E-state index >= 15 is 0 Å². The summed E-state index contributed by atoms with van der Waals surface area (Å²) in [5, 5.41) is 0. The number of nitrogens with zero attached hydrogens (tertiary/aromatic N) is 1. The minimum absolute atomic E-state index is 0.0900. The highest BCUT2D eigenvalue weighted by Gasteiger charge is 2.28. The molecule has 2 aromatic rings. The van der Waals surface area contributed by atoms with Gasteiger partial charge < -0.3 is 29.6 Å². The highest BCUT2D eigenvalue weighted by Crippen LogP contribution is 2.48. The topological polar surface area (TPSA) is 83.3 Å². The van der Waals surface area contributed by atoms with Crippen molar-refractivity contribution in [3.8, 4) is 28.7 Å². The number of rotatable bonds is 8. The summed E-state index contributed by atoms with van der Waals surface area (Å²) in [5.41, 5.74) is 7.17. The quantitative estimate of drug-likeness (QED) is 0.652. The molecule has 1 amide bonds. The van der Waals surface area contributed by atoms with Gasteiger partial charge in [-0.2, -0.15) is 0 Å². The number of likely N-dealkylation sites (tertiary alicyclic amines) is 1. The molecule has 7 heteroatoms. The highest BCUT2D eigenvalue weighted by atomic mass is 16.5. The van der Waals surface area contributed by atoms with E-state index in [1.54, 1.807) is 6.07 Å². The van der Waals surface area contributed by atoms with Crippen LogP contribution < -0.4 is 24.7 Å². The van der Waals surface area contributed by atoms with Gasteiger partial charge in [-0.1, -0.05) is 31.4 Å². The van der Waals surface area contributed by atoms with Crippen LogP contribution in [0.1, 0.15) is 48.0 Å². The molecule has 0 aromatic heterocycles. The summed E-state index contributed by atoms with van der Waals surface area (Å²) in [6.07, 6.45) is 6.31. The predicted molar refractivity (Wildman–Crippen MR) is 124 cm³/mol. The number of methoxy groups -OCH3 is 3. The van der Waals surface area contributed by atoms with Gasteiger partial charge in [-0.3, -0.25) is 4.79 Å². The van der Waals surface area contributed by atoms with Crippen molar-refractivity contribution in [3.63, 3.8) is 0 Å². The molecule has 1 aliphatic heterocycles. The number of carbonyl (C=O) groups is 1. The van der Waals surface area contributed by atoms with Gasteiger partial charge in [-0.15, -0.1) is 0 Å². The second-order valence-corrected chi connectivity index (χ2v) is 7.87. The monoisotopic (exact) mass is 442 g/mol. The van der Waals surface area contributed by atoms with Crippen molar-refractivity contribution in [2.75, 3.05) is 41.0 Å². The second kappa shape index (κ2) is 11.6. The van der Waals surface area contributed by atoms with E-state index in [0.29, 0.717) is 40.9 Å². The Morgan fingerprint density at radius 2 is 1.47 bits per heavy atom. The van der Waals surface area contributed by atoms with E-state index in [9.17, 15) is 4.79 Å². The second-order valence-electron chi connectivity index (χ2n) is 7.87. The molecule has 1 saturated heterocycles. The Morgan fingerprint density at radius 3 is 2.03 bits per heavy atom. The Hall–Kier alpha value is -2.93. The number of hydrogen-bond acceptors (Lipinski definition) is 6. The summed E-state index contributed by atoms with van der Waals surface area (Å²) in [6, 6.07) is 9.39. The van der Waals surface area contributed by atoms with Crippen LogP contribution in [-0.4, -0.2) is 51.8 Å². The Kier molecular flexibility index (Phi) is 8.62. The Labute approximate surface area is 190 Å². The van der Waals surface area contributed by atoms with Gasteiger partial charge in [0.05, 0.1) is 26.9 Å². The lowest BCUT2D eigenvalue weighted by Gasteiger charge is -2.26. The molecule has 0 spiro atoms. The fourth-order valence-corrected chi connectivity index (χ4v) is 4.05. The molecule has 7 nitrogen and oxygen atoms in total. The van der Waals surface area contributed by atoms with Gasteiger partial charge >= 0.3 is 0 Å². The Balaban J connectivity index is 1.99. The van der Waals surface area contributed by atoms with Gasteiger partial charge in [-0.25, -0.2) is 0 Å². The van der Waals surface area contributed by atoms with E-state index in [1.807, 2.05) is 29.2 Å². The maximum absolute atomic E-state index is 13.5. The SMILES string of the molecule is COc1c(Oc2ccc(CCN)cc2)cc(C(=O)N2CCCCCCC2)c(OC)c1OC. The van der Waals surface area contributed by atoms with Crippen LogP contribution in [0.3, 0.4) is 0 Å². The Bertz CT molecular complexity index is 890. The number of amides is 1. The summed E-state index contributed by atoms with van der Waals surface area (Å²) in [7, 11) is 4.59. The van der Waals surface area contributed by atoms with Crippen LogP contribution in [0, 0.1) is 0 Å². The van der Waals surface area contributed by atoms with Crippen molar-refractivity contribution in [1.29, 1.82) is 0 Å². The normalized spacial score (nSPS) is 14.3.